The van der Waals surface area contributed by atoms with E-state index in [4.69, 9.17) is 0 Å². The molecule has 0 bridgehead atoms. The first-order valence-corrected chi connectivity index (χ1v) is 9.36. The third kappa shape index (κ3) is 4.11. The summed E-state index contributed by atoms with van der Waals surface area (Å²) in [4.78, 5) is 37.6. The SMILES string of the molecule is O=C(CCCN1C(=O)c2ccc(Br)cc2C1=O)NCC1CCC(F)(F)C1. The van der Waals surface area contributed by atoms with Crippen LogP contribution in [0, 0.1) is 5.92 Å². The third-order valence-corrected chi connectivity index (χ3v) is 5.31. The second-order valence-corrected chi connectivity index (χ2v) is 7.74. The zero-order valence-electron chi connectivity index (χ0n) is 14.1. The summed E-state index contributed by atoms with van der Waals surface area (Å²) in [7, 11) is 0. The number of hydrogen-bond acceptors (Lipinski definition) is 3. The number of rotatable bonds is 6. The van der Waals surface area contributed by atoms with Gasteiger partial charge in [-0.2, -0.15) is 0 Å². The first-order chi connectivity index (χ1) is 12.3. The second kappa shape index (κ2) is 7.42. The van der Waals surface area contributed by atoms with Crippen LogP contribution in [0.3, 0.4) is 0 Å². The highest BCUT2D eigenvalue weighted by Gasteiger charge is 2.39. The maximum absolute atomic E-state index is 13.1. The van der Waals surface area contributed by atoms with Crippen molar-refractivity contribution in [1.82, 2.24) is 10.2 Å². The highest BCUT2D eigenvalue weighted by atomic mass is 79.9. The van der Waals surface area contributed by atoms with Gasteiger partial charge in [-0.1, -0.05) is 15.9 Å². The Morgan fingerprint density at radius 2 is 2.00 bits per heavy atom. The minimum absolute atomic E-state index is 0.122. The molecule has 1 N–H and O–H groups in total. The summed E-state index contributed by atoms with van der Waals surface area (Å²) >= 11 is 3.27. The van der Waals surface area contributed by atoms with Crippen LogP contribution in [0.4, 0.5) is 8.78 Å². The lowest BCUT2D eigenvalue weighted by molar-refractivity contribution is -0.121. The van der Waals surface area contributed by atoms with Gasteiger partial charge in [0.25, 0.3) is 11.8 Å². The Morgan fingerprint density at radius 3 is 2.69 bits per heavy atom. The van der Waals surface area contributed by atoms with Gasteiger partial charge in [0.05, 0.1) is 11.1 Å². The molecule has 1 fully saturated rings. The predicted octanol–water partition coefficient (Wildman–Crippen LogP) is 3.38. The smallest absolute Gasteiger partial charge is 0.261 e. The minimum atomic E-state index is -2.62. The van der Waals surface area contributed by atoms with E-state index in [-0.39, 0.29) is 56.0 Å². The Bertz CT molecular complexity index is 754. The third-order valence-electron chi connectivity index (χ3n) is 4.81. The molecule has 1 heterocycles. The summed E-state index contributed by atoms with van der Waals surface area (Å²) in [5, 5.41) is 2.67. The van der Waals surface area contributed by atoms with Crippen molar-refractivity contribution in [2.24, 2.45) is 5.92 Å². The normalized spacial score (nSPS) is 21.2. The van der Waals surface area contributed by atoms with E-state index in [0.29, 0.717) is 24.0 Å². The van der Waals surface area contributed by atoms with Crippen LogP contribution >= 0.6 is 15.9 Å². The molecule has 5 nitrogen and oxygen atoms in total. The molecule has 3 rings (SSSR count). The van der Waals surface area contributed by atoms with Crippen LogP contribution in [0.15, 0.2) is 22.7 Å². The number of benzene rings is 1. The van der Waals surface area contributed by atoms with Crippen LogP contribution in [0.1, 0.15) is 52.8 Å². The Kier molecular flexibility index (Phi) is 5.41. The average Bonchev–Trinajstić information content (AvgIpc) is 3.04. The Balaban J connectivity index is 1.43. The number of nitrogens with zero attached hydrogens (tertiary/aromatic N) is 1. The van der Waals surface area contributed by atoms with E-state index in [1.807, 2.05) is 0 Å². The van der Waals surface area contributed by atoms with Gasteiger partial charge in [0.1, 0.15) is 0 Å². The van der Waals surface area contributed by atoms with Gasteiger partial charge in [0, 0.05) is 36.8 Å². The Hall–Kier alpha value is -1.83. The lowest BCUT2D eigenvalue weighted by Crippen LogP contribution is -2.33. The van der Waals surface area contributed by atoms with Gasteiger partial charge in [-0.3, -0.25) is 19.3 Å². The lowest BCUT2D eigenvalue weighted by atomic mass is 10.1. The molecule has 1 aromatic carbocycles. The van der Waals surface area contributed by atoms with Gasteiger partial charge >= 0.3 is 0 Å². The fraction of sp³-hybridized carbons (Fsp3) is 0.500. The van der Waals surface area contributed by atoms with Gasteiger partial charge in [0.15, 0.2) is 0 Å². The Labute approximate surface area is 158 Å². The second-order valence-electron chi connectivity index (χ2n) is 6.82. The number of halogens is 3. The summed E-state index contributed by atoms with van der Waals surface area (Å²) in [5.74, 6) is -3.77. The quantitative estimate of drug-likeness (QED) is 0.706. The number of carbonyl (C=O) groups is 3. The maximum Gasteiger partial charge on any atom is 0.261 e. The molecule has 1 aliphatic heterocycles. The molecule has 0 aromatic heterocycles. The van der Waals surface area contributed by atoms with Gasteiger partial charge in [-0.15, -0.1) is 0 Å². The molecule has 0 radical (unpaired) electrons. The van der Waals surface area contributed by atoms with E-state index in [9.17, 15) is 23.2 Å². The van der Waals surface area contributed by atoms with Crippen molar-refractivity contribution in [2.45, 2.75) is 38.0 Å². The van der Waals surface area contributed by atoms with Crippen LogP contribution in [0.5, 0.6) is 0 Å². The van der Waals surface area contributed by atoms with Crippen LogP contribution in [0.2, 0.25) is 0 Å². The van der Waals surface area contributed by atoms with E-state index in [1.54, 1.807) is 18.2 Å². The number of nitrogens with one attached hydrogen (secondary N) is 1. The van der Waals surface area contributed by atoms with Crippen molar-refractivity contribution in [3.05, 3.63) is 33.8 Å². The number of alkyl halides is 2. The first kappa shape index (κ1) is 18.9. The number of hydrogen-bond donors (Lipinski definition) is 1. The van der Waals surface area contributed by atoms with Gasteiger partial charge in [-0.05, 0) is 37.0 Å². The molecule has 1 unspecified atom stereocenters. The molecule has 1 saturated carbocycles. The summed E-state index contributed by atoms with van der Waals surface area (Å²) < 4.78 is 27.0. The number of amides is 3. The molecule has 0 saturated heterocycles. The predicted molar refractivity (Wildman–Crippen MR) is 94.0 cm³/mol. The summed E-state index contributed by atoms with van der Waals surface area (Å²) in [6.07, 6.45) is 0.582. The van der Waals surface area contributed by atoms with Gasteiger partial charge in [0.2, 0.25) is 11.8 Å². The van der Waals surface area contributed by atoms with Crippen molar-refractivity contribution in [1.29, 1.82) is 0 Å². The van der Waals surface area contributed by atoms with E-state index < -0.39 is 5.92 Å². The fourth-order valence-electron chi connectivity index (χ4n) is 3.43. The highest BCUT2D eigenvalue weighted by molar-refractivity contribution is 9.10. The number of fused-ring (bicyclic) bond motifs is 1. The van der Waals surface area contributed by atoms with E-state index in [1.165, 1.54) is 0 Å². The lowest BCUT2D eigenvalue weighted by Gasteiger charge is -2.14. The van der Waals surface area contributed by atoms with E-state index >= 15 is 0 Å². The maximum atomic E-state index is 13.1. The zero-order chi connectivity index (χ0) is 18.9. The minimum Gasteiger partial charge on any atom is -0.356 e. The Morgan fingerprint density at radius 1 is 1.27 bits per heavy atom. The number of imide groups is 1. The first-order valence-electron chi connectivity index (χ1n) is 8.57. The van der Waals surface area contributed by atoms with Crippen molar-refractivity contribution in [3.63, 3.8) is 0 Å². The largest absolute Gasteiger partial charge is 0.356 e. The van der Waals surface area contributed by atoms with Crippen LogP contribution in [0.25, 0.3) is 0 Å². The molecule has 26 heavy (non-hydrogen) atoms. The number of carbonyl (C=O) groups excluding carboxylic acids is 3. The van der Waals surface area contributed by atoms with Crippen LogP contribution in [-0.2, 0) is 4.79 Å². The van der Waals surface area contributed by atoms with Crippen molar-refractivity contribution in [2.75, 3.05) is 13.1 Å². The molecule has 1 atom stereocenters. The summed E-state index contributed by atoms with van der Waals surface area (Å²) in [6, 6.07) is 4.91. The zero-order valence-corrected chi connectivity index (χ0v) is 15.7. The van der Waals surface area contributed by atoms with Gasteiger partial charge in [-0.25, -0.2) is 8.78 Å². The van der Waals surface area contributed by atoms with Crippen molar-refractivity contribution in [3.8, 4) is 0 Å². The summed E-state index contributed by atoms with van der Waals surface area (Å²) in [5.41, 5.74) is 0.723. The molecule has 3 amide bonds. The van der Waals surface area contributed by atoms with Crippen molar-refractivity contribution >= 4 is 33.7 Å². The van der Waals surface area contributed by atoms with E-state index in [0.717, 1.165) is 9.37 Å². The topological polar surface area (TPSA) is 66.5 Å². The average molecular weight is 429 g/mol. The van der Waals surface area contributed by atoms with E-state index in [2.05, 4.69) is 21.2 Å². The molecule has 2 aliphatic rings. The molecular formula is C18H19BrF2N2O3. The fourth-order valence-corrected chi connectivity index (χ4v) is 3.79. The van der Waals surface area contributed by atoms with Crippen LogP contribution < -0.4 is 5.32 Å². The van der Waals surface area contributed by atoms with Gasteiger partial charge < -0.3 is 5.32 Å². The monoisotopic (exact) mass is 428 g/mol. The van der Waals surface area contributed by atoms with Crippen LogP contribution in [-0.4, -0.2) is 41.6 Å². The molecular weight excluding hydrogens is 410 g/mol. The molecule has 1 aliphatic carbocycles. The molecule has 140 valence electrons. The molecule has 8 heteroatoms. The molecule has 1 aromatic rings. The standard InChI is InChI=1S/C18H19BrF2N2O3/c19-12-3-4-13-14(8-12)17(26)23(16(13)25)7-1-2-15(24)22-10-11-5-6-18(20,21)9-11/h3-4,8,11H,1-2,5-7,9-10H2,(H,22,24). The summed E-state index contributed by atoms with van der Waals surface area (Å²) in [6.45, 7) is 0.397. The molecule has 0 spiro atoms. The van der Waals surface area contributed by atoms with Crippen molar-refractivity contribution < 1.29 is 23.2 Å². The highest BCUT2D eigenvalue weighted by Crippen LogP contribution is 2.38.